The summed E-state index contributed by atoms with van der Waals surface area (Å²) in [5.41, 5.74) is 3.67. The zero-order valence-electron chi connectivity index (χ0n) is 20.0. The minimum absolute atomic E-state index is 0.205. The SMILES string of the molecule is C=C1CC[C@H](O)C/C1=C/C=C1\CCC[C@@]2(C)C1CC[C@@H]2[C@H](C)/C=C/[C@@](C)(O)C(C)C. The maximum absolute atomic E-state index is 10.6. The van der Waals surface area contributed by atoms with E-state index in [4.69, 9.17) is 0 Å². The van der Waals surface area contributed by atoms with E-state index in [1.807, 2.05) is 13.0 Å². The Morgan fingerprint density at radius 3 is 2.57 bits per heavy atom. The van der Waals surface area contributed by atoms with E-state index < -0.39 is 5.60 Å². The molecule has 0 heterocycles. The van der Waals surface area contributed by atoms with Gasteiger partial charge in [-0.15, -0.1) is 0 Å². The molecule has 3 aliphatic carbocycles. The average Bonchev–Trinajstić information content (AvgIpc) is 3.04. The quantitative estimate of drug-likeness (QED) is 0.490. The van der Waals surface area contributed by atoms with Crippen LogP contribution in [0.4, 0.5) is 0 Å². The molecule has 3 fully saturated rings. The predicted octanol–water partition coefficient (Wildman–Crippen LogP) is 6.76. The molecule has 0 amide bonds. The van der Waals surface area contributed by atoms with E-state index in [2.05, 4.69) is 52.5 Å². The van der Waals surface area contributed by atoms with Crippen molar-refractivity contribution < 1.29 is 10.2 Å². The van der Waals surface area contributed by atoms with Crippen molar-refractivity contribution in [3.05, 3.63) is 47.6 Å². The molecule has 30 heavy (non-hydrogen) atoms. The lowest BCUT2D eigenvalue weighted by Crippen LogP contribution is -2.36. The van der Waals surface area contributed by atoms with E-state index in [0.29, 0.717) is 23.2 Å². The standard InChI is InChI=1S/C28H44O2/c1-19(2)28(6,30)17-15-21(4)25-13-14-26-22(8-7-16-27(25,26)5)10-11-23-18-24(29)12-9-20(23)3/h10-11,15,17,19,21,24-26,29-30H,3,7-9,12-14,16,18H2,1-2,4-6H3/b17-15+,22-10+,23-11-/t21-,24+,25-,26?,27-,28-/m1/s1. The molecule has 2 nitrogen and oxygen atoms in total. The Morgan fingerprint density at radius 2 is 1.87 bits per heavy atom. The first kappa shape index (κ1) is 23.5. The van der Waals surface area contributed by atoms with Crippen LogP contribution in [-0.4, -0.2) is 21.9 Å². The molecule has 2 heteroatoms. The highest BCUT2D eigenvalue weighted by Gasteiger charge is 2.50. The maximum atomic E-state index is 10.6. The Morgan fingerprint density at radius 1 is 1.13 bits per heavy atom. The molecule has 3 rings (SSSR count). The molecule has 168 valence electrons. The molecule has 0 spiro atoms. The van der Waals surface area contributed by atoms with Crippen molar-refractivity contribution >= 4 is 0 Å². The maximum Gasteiger partial charge on any atom is 0.0822 e. The van der Waals surface area contributed by atoms with Gasteiger partial charge < -0.3 is 10.2 Å². The van der Waals surface area contributed by atoms with Gasteiger partial charge in [-0.05, 0) is 93.0 Å². The summed E-state index contributed by atoms with van der Waals surface area (Å²) in [6.45, 7) is 15.2. The van der Waals surface area contributed by atoms with Crippen LogP contribution in [0.25, 0.3) is 0 Å². The van der Waals surface area contributed by atoms with E-state index in [1.165, 1.54) is 43.3 Å². The second-order valence-corrected chi connectivity index (χ2v) is 11.1. The van der Waals surface area contributed by atoms with E-state index in [0.717, 1.165) is 19.3 Å². The van der Waals surface area contributed by atoms with Crippen molar-refractivity contribution in [2.24, 2.45) is 29.1 Å². The lowest BCUT2D eigenvalue weighted by atomic mass is 9.61. The number of aliphatic hydroxyl groups excluding tert-OH is 1. The summed E-state index contributed by atoms with van der Waals surface area (Å²) in [6, 6.07) is 0. The highest BCUT2D eigenvalue weighted by molar-refractivity contribution is 5.36. The molecule has 0 aromatic heterocycles. The molecular formula is C28H44O2. The first-order chi connectivity index (χ1) is 14.0. The van der Waals surface area contributed by atoms with Crippen LogP contribution in [0, 0.1) is 29.1 Å². The van der Waals surface area contributed by atoms with Crippen molar-refractivity contribution in [2.75, 3.05) is 0 Å². The summed E-state index contributed by atoms with van der Waals surface area (Å²) in [4.78, 5) is 0. The summed E-state index contributed by atoms with van der Waals surface area (Å²) < 4.78 is 0. The average molecular weight is 413 g/mol. The monoisotopic (exact) mass is 412 g/mol. The molecule has 0 aliphatic heterocycles. The lowest BCUT2D eigenvalue weighted by Gasteiger charge is -2.44. The molecule has 1 unspecified atom stereocenters. The number of hydrogen-bond donors (Lipinski definition) is 2. The van der Waals surface area contributed by atoms with Gasteiger partial charge in [0.15, 0.2) is 0 Å². The van der Waals surface area contributed by atoms with Gasteiger partial charge in [0.25, 0.3) is 0 Å². The topological polar surface area (TPSA) is 40.5 Å². The summed E-state index contributed by atoms with van der Waals surface area (Å²) >= 11 is 0. The third-order valence-electron chi connectivity index (χ3n) is 8.77. The third kappa shape index (κ3) is 4.86. The molecular weight excluding hydrogens is 368 g/mol. The fraction of sp³-hybridized carbons (Fsp3) is 0.714. The van der Waals surface area contributed by atoms with Gasteiger partial charge in [-0.3, -0.25) is 0 Å². The Hall–Kier alpha value is -1.12. The third-order valence-corrected chi connectivity index (χ3v) is 8.77. The first-order valence-electron chi connectivity index (χ1n) is 12.2. The Balaban J connectivity index is 1.76. The van der Waals surface area contributed by atoms with Gasteiger partial charge in [0, 0.05) is 0 Å². The molecule has 3 saturated carbocycles. The van der Waals surface area contributed by atoms with Crippen molar-refractivity contribution in [2.45, 2.75) is 97.7 Å². The van der Waals surface area contributed by atoms with Crippen LogP contribution in [-0.2, 0) is 0 Å². The van der Waals surface area contributed by atoms with Crippen molar-refractivity contribution in [1.29, 1.82) is 0 Å². The van der Waals surface area contributed by atoms with E-state index in [1.54, 1.807) is 5.57 Å². The molecule has 6 atom stereocenters. The van der Waals surface area contributed by atoms with Crippen LogP contribution < -0.4 is 0 Å². The van der Waals surface area contributed by atoms with Gasteiger partial charge in [0.2, 0.25) is 0 Å². The van der Waals surface area contributed by atoms with Gasteiger partial charge in [-0.1, -0.05) is 69.7 Å². The molecule has 0 saturated heterocycles. The fourth-order valence-corrected chi connectivity index (χ4v) is 6.21. The number of hydrogen-bond acceptors (Lipinski definition) is 2. The molecule has 0 bridgehead atoms. The molecule has 0 aromatic carbocycles. The highest BCUT2D eigenvalue weighted by atomic mass is 16.3. The van der Waals surface area contributed by atoms with Gasteiger partial charge in [0.1, 0.15) is 0 Å². The van der Waals surface area contributed by atoms with Crippen molar-refractivity contribution in [3.63, 3.8) is 0 Å². The Bertz CT molecular complexity index is 723. The summed E-state index contributed by atoms with van der Waals surface area (Å²) in [6.07, 6.45) is 17.6. The van der Waals surface area contributed by atoms with Crippen LogP contribution >= 0.6 is 0 Å². The molecule has 0 aromatic rings. The van der Waals surface area contributed by atoms with E-state index >= 15 is 0 Å². The van der Waals surface area contributed by atoms with Crippen LogP contribution in [0.1, 0.15) is 86.0 Å². The molecule has 2 N–H and O–H groups in total. The second-order valence-electron chi connectivity index (χ2n) is 11.1. The highest BCUT2D eigenvalue weighted by Crippen LogP contribution is 2.59. The van der Waals surface area contributed by atoms with Gasteiger partial charge in [0.05, 0.1) is 11.7 Å². The van der Waals surface area contributed by atoms with Crippen molar-refractivity contribution in [3.8, 4) is 0 Å². The fourth-order valence-electron chi connectivity index (χ4n) is 6.21. The summed E-state index contributed by atoms with van der Waals surface area (Å²) in [5.74, 6) is 2.04. The zero-order valence-corrected chi connectivity index (χ0v) is 20.0. The Kier molecular flexibility index (Phi) is 7.19. The summed E-state index contributed by atoms with van der Waals surface area (Å²) in [5, 5.41) is 20.7. The lowest BCUT2D eigenvalue weighted by molar-refractivity contribution is 0.0607. The minimum atomic E-state index is -0.732. The van der Waals surface area contributed by atoms with E-state index in [-0.39, 0.29) is 12.0 Å². The number of aliphatic hydroxyl groups is 2. The van der Waals surface area contributed by atoms with Crippen molar-refractivity contribution in [1.82, 2.24) is 0 Å². The molecule has 0 radical (unpaired) electrons. The van der Waals surface area contributed by atoms with Crippen LogP contribution in [0.5, 0.6) is 0 Å². The summed E-state index contributed by atoms with van der Waals surface area (Å²) in [7, 11) is 0. The number of allylic oxidation sites excluding steroid dienone is 5. The van der Waals surface area contributed by atoms with Gasteiger partial charge in [-0.2, -0.15) is 0 Å². The predicted molar refractivity (Wildman–Crippen MR) is 127 cm³/mol. The first-order valence-corrected chi connectivity index (χ1v) is 12.2. The second kappa shape index (κ2) is 9.17. The smallest absolute Gasteiger partial charge is 0.0822 e. The molecule has 3 aliphatic rings. The minimum Gasteiger partial charge on any atom is -0.393 e. The number of fused-ring (bicyclic) bond motifs is 1. The normalized spacial score (nSPS) is 38.4. The van der Waals surface area contributed by atoms with Gasteiger partial charge in [-0.25, -0.2) is 0 Å². The van der Waals surface area contributed by atoms with Crippen LogP contribution in [0.3, 0.4) is 0 Å². The van der Waals surface area contributed by atoms with Crippen LogP contribution in [0.2, 0.25) is 0 Å². The zero-order chi connectivity index (χ0) is 22.1. The largest absolute Gasteiger partial charge is 0.393 e. The van der Waals surface area contributed by atoms with E-state index in [9.17, 15) is 10.2 Å². The Labute approximate surface area is 184 Å². The van der Waals surface area contributed by atoms with Gasteiger partial charge >= 0.3 is 0 Å². The number of rotatable bonds is 5. The van der Waals surface area contributed by atoms with Crippen LogP contribution in [0.15, 0.2) is 47.6 Å².